The molecular weight excluding hydrogens is 428 g/mol. The number of carbonyl (C=O) groups excluding carboxylic acids is 1. The van der Waals surface area contributed by atoms with Gasteiger partial charge in [-0.05, 0) is 56.2 Å². The summed E-state index contributed by atoms with van der Waals surface area (Å²) in [5.41, 5.74) is 6.14. The molecular formula is C24H31ClN4O3. The molecule has 0 saturated heterocycles. The summed E-state index contributed by atoms with van der Waals surface area (Å²) < 4.78 is 5.72. The molecule has 1 atom stereocenters. The molecule has 1 aliphatic heterocycles. The van der Waals surface area contributed by atoms with Crippen molar-refractivity contribution < 1.29 is 14.6 Å². The number of aliphatic hydroxyl groups is 1. The minimum Gasteiger partial charge on any atom is -0.491 e. The lowest BCUT2D eigenvalue weighted by atomic mass is 10.0. The lowest BCUT2D eigenvalue weighted by molar-refractivity contribution is -0.121. The smallest absolute Gasteiger partial charge is 0.240 e. The number of hydrogen-bond acceptors (Lipinski definition) is 6. The summed E-state index contributed by atoms with van der Waals surface area (Å²) in [6.07, 6.45) is 0.468. The highest BCUT2D eigenvalue weighted by Gasteiger charge is 2.19. The zero-order valence-electron chi connectivity index (χ0n) is 18.7. The lowest BCUT2D eigenvalue weighted by Gasteiger charge is -2.28. The topological polar surface area (TPSA) is 95.0 Å². The second kappa shape index (κ2) is 10.8. The Hall–Kier alpha value is -2.61. The number of amides is 1. The van der Waals surface area contributed by atoms with Crippen LogP contribution in [0.3, 0.4) is 0 Å². The number of aliphatic hydroxyl groups excluding tert-OH is 1. The van der Waals surface area contributed by atoms with Gasteiger partial charge in [0.2, 0.25) is 5.91 Å². The number of nitrogens with one attached hydrogen (secondary N) is 3. The normalized spacial score (nSPS) is 15.0. The maximum absolute atomic E-state index is 11.2. The molecule has 0 saturated carbocycles. The molecule has 0 bridgehead atoms. The van der Waals surface area contributed by atoms with E-state index in [0.717, 1.165) is 22.5 Å². The SMILES string of the molecule is Cc1ccc(Cl)cc1OC[C@@H](O)CNC(C)(C)CNc1ccc(C2=NNC(=O)CC2)cc1. The Labute approximate surface area is 194 Å². The second-order valence-electron chi connectivity index (χ2n) is 8.66. The van der Waals surface area contributed by atoms with E-state index < -0.39 is 6.10 Å². The molecule has 0 fully saturated rings. The standard InChI is InChI=1S/C24H31ClN4O3/c1-16-4-7-18(25)12-22(16)32-14-20(30)13-27-24(2,3)15-26-19-8-5-17(6-9-19)21-10-11-23(31)29-28-21/h4-9,12,20,26-27,30H,10-11,13-15H2,1-3H3,(H,29,31)/t20-/m0/s1. The molecule has 1 aliphatic rings. The van der Waals surface area contributed by atoms with Crippen molar-refractivity contribution in [2.24, 2.45) is 5.10 Å². The van der Waals surface area contributed by atoms with Gasteiger partial charge in [-0.15, -0.1) is 0 Å². The lowest BCUT2D eigenvalue weighted by Crippen LogP contribution is -2.49. The number of β-amino-alcohol motifs (C(OH)–C–C–N with tert-alkyl or cyclic N) is 1. The summed E-state index contributed by atoms with van der Waals surface area (Å²) in [5.74, 6) is 0.639. The van der Waals surface area contributed by atoms with Gasteiger partial charge in [-0.1, -0.05) is 29.8 Å². The quantitative estimate of drug-likeness (QED) is 0.437. The third-order valence-corrected chi connectivity index (χ3v) is 5.49. The summed E-state index contributed by atoms with van der Waals surface area (Å²) in [5, 5.41) is 21.8. The van der Waals surface area contributed by atoms with Crippen LogP contribution in [0.2, 0.25) is 5.02 Å². The summed E-state index contributed by atoms with van der Waals surface area (Å²) in [7, 11) is 0. The highest BCUT2D eigenvalue weighted by Crippen LogP contribution is 2.22. The van der Waals surface area contributed by atoms with Gasteiger partial charge in [0.1, 0.15) is 18.5 Å². The van der Waals surface area contributed by atoms with Crippen LogP contribution in [0.5, 0.6) is 5.75 Å². The zero-order chi connectivity index (χ0) is 23.1. The second-order valence-corrected chi connectivity index (χ2v) is 9.10. The minimum atomic E-state index is -0.649. The fourth-order valence-electron chi connectivity index (χ4n) is 3.22. The molecule has 4 N–H and O–H groups in total. The van der Waals surface area contributed by atoms with Crippen molar-refractivity contribution in [3.63, 3.8) is 0 Å². The van der Waals surface area contributed by atoms with Gasteiger partial charge in [-0.3, -0.25) is 4.79 Å². The van der Waals surface area contributed by atoms with Gasteiger partial charge in [0.15, 0.2) is 0 Å². The molecule has 0 unspecified atom stereocenters. The first-order valence-electron chi connectivity index (χ1n) is 10.7. The molecule has 3 rings (SSSR count). The number of aryl methyl sites for hydroxylation is 1. The number of hydrazone groups is 1. The van der Waals surface area contributed by atoms with Crippen LogP contribution in [0, 0.1) is 6.92 Å². The van der Waals surface area contributed by atoms with Gasteiger partial charge in [-0.2, -0.15) is 5.10 Å². The maximum atomic E-state index is 11.2. The average molecular weight is 459 g/mol. The van der Waals surface area contributed by atoms with Crippen molar-refractivity contribution >= 4 is 28.9 Å². The maximum Gasteiger partial charge on any atom is 0.240 e. The van der Waals surface area contributed by atoms with Crippen molar-refractivity contribution in [1.29, 1.82) is 0 Å². The van der Waals surface area contributed by atoms with E-state index in [9.17, 15) is 9.90 Å². The first-order valence-corrected chi connectivity index (χ1v) is 11.1. The Kier molecular flexibility index (Phi) is 8.12. The van der Waals surface area contributed by atoms with E-state index in [0.29, 0.717) is 36.7 Å². The number of ether oxygens (including phenoxy) is 1. The van der Waals surface area contributed by atoms with Crippen molar-refractivity contribution in [1.82, 2.24) is 10.7 Å². The summed E-state index contributed by atoms with van der Waals surface area (Å²) in [6, 6.07) is 13.5. The van der Waals surface area contributed by atoms with Crippen molar-refractivity contribution in [2.75, 3.05) is 25.0 Å². The van der Waals surface area contributed by atoms with Crippen LogP contribution in [0.1, 0.15) is 37.8 Å². The Balaban J connectivity index is 1.42. The fourth-order valence-corrected chi connectivity index (χ4v) is 3.38. The largest absolute Gasteiger partial charge is 0.491 e. The first kappa shape index (κ1) is 24.0. The van der Waals surface area contributed by atoms with Crippen molar-refractivity contribution in [3.05, 3.63) is 58.6 Å². The van der Waals surface area contributed by atoms with Crippen LogP contribution in [-0.2, 0) is 4.79 Å². The molecule has 0 radical (unpaired) electrons. The highest BCUT2D eigenvalue weighted by atomic mass is 35.5. The third-order valence-electron chi connectivity index (χ3n) is 5.25. The number of hydrogen-bond donors (Lipinski definition) is 4. The molecule has 1 amide bonds. The van der Waals surface area contributed by atoms with Gasteiger partial charge in [0.05, 0.1) is 5.71 Å². The Morgan fingerprint density at radius 1 is 1.22 bits per heavy atom. The number of anilines is 1. The number of halogens is 1. The van der Waals surface area contributed by atoms with Crippen molar-refractivity contribution in [2.45, 2.75) is 45.3 Å². The Bertz CT molecular complexity index is 960. The van der Waals surface area contributed by atoms with Gasteiger partial charge in [-0.25, -0.2) is 5.43 Å². The van der Waals surface area contributed by atoms with E-state index in [1.807, 2.05) is 43.3 Å². The van der Waals surface area contributed by atoms with E-state index >= 15 is 0 Å². The number of rotatable bonds is 10. The Morgan fingerprint density at radius 2 is 1.97 bits per heavy atom. The molecule has 0 spiro atoms. The molecule has 0 aromatic heterocycles. The third kappa shape index (κ3) is 7.22. The molecule has 172 valence electrons. The monoisotopic (exact) mass is 458 g/mol. The van der Waals surface area contributed by atoms with Crippen LogP contribution in [-0.4, -0.2) is 48.1 Å². The van der Waals surface area contributed by atoms with Gasteiger partial charge in [0, 0.05) is 42.2 Å². The van der Waals surface area contributed by atoms with E-state index in [2.05, 4.69) is 35.0 Å². The van der Waals surface area contributed by atoms with Crippen LogP contribution in [0.25, 0.3) is 0 Å². The van der Waals surface area contributed by atoms with Crippen LogP contribution >= 0.6 is 11.6 Å². The summed E-state index contributed by atoms with van der Waals surface area (Å²) in [4.78, 5) is 11.2. The molecule has 2 aromatic rings. The van der Waals surface area contributed by atoms with Crippen LogP contribution in [0.4, 0.5) is 5.69 Å². The van der Waals surface area contributed by atoms with Crippen molar-refractivity contribution in [3.8, 4) is 5.75 Å². The minimum absolute atomic E-state index is 0.0435. The molecule has 32 heavy (non-hydrogen) atoms. The van der Waals surface area contributed by atoms with Gasteiger partial charge >= 0.3 is 0 Å². The van der Waals surface area contributed by atoms with Crippen LogP contribution < -0.4 is 20.8 Å². The van der Waals surface area contributed by atoms with E-state index in [4.69, 9.17) is 16.3 Å². The summed E-state index contributed by atoms with van der Waals surface area (Å²) in [6.45, 7) is 7.34. The van der Waals surface area contributed by atoms with E-state index in [1.165, 1.54) is 0 Å². The average Bonchev–Trinajstić information content (AvgIpc) is 2.78. The molecule has 0 aliphatic carbocycles. The number of benzene rings is 2. The van der Waals surface area contributed by atoms with E-state index in [1.54, 1.807) is 6.07 Å². The summed E-state index contributed by atoms with van der Waals surface area (Å²) >= 11 is 6.01. The highest BCUT2D eigenvalue weighted by molar-refractivity contribution is 6.30. The molecule has 8 heteroatoms. The molecule has 2 aromatic carbocycles. The Morgan fingerprint density at radius 3 is 2.66 bits per heavy atom. The van der Waals surface area contributed by atoms with Gasteiger partial charge < -0.3 is 20.5 Å². The molecule has 7 nitrogen and oxygen atoms in total. The molecule has 1 heterocycles. The zero-order valence-corrected chi connectivity index (χ0v) is 19.5. The van der Waals surface area contributed by atoms with Gasteiger partial charge in [0.25, 0.3) is 0 Å². The predicted molar refractivity (Wildman–Crippen MR) is 129 cm³/mol. The predicted octanol–water partition coefficient (Wildman–Crippen LogP) is 3.48. The number of nitrogens with zero attached hydrogens (tertiary/aromatic N) is 1. The van der Waals surface area contributed by atoms with Crippen LogP contribution in [0.15, 0.2) is 47.6 Å². The first-order chi connectivity index (χ1) is 15.2. The van der Waals surface area contributed by atoms with E-state index in [-0.39, 0.29) is 18.1 Å². The number of carbonyl (C=O) groups is 1. The fraction of sp³-hybridized carbons (Fsp3) is 0.417.